The molecule has 1 aromatic heterocycles. The third-order valence-electron chi connectivity index (χ3n) is 2.75. The van der Waals surface area contributed by atoms with Crippen molar-refractivity contribution >= 4 is 40.4 Å². The summed E-state index contributed by atoms with van der Waals surface area (Å²) in [5, 5.41) is 6.12. The first kappa shape index (κ1) is 18.9. The lowest BCUT2D eigenvalue weighted by molar-refractivity contribution is -0.146. The zero-order valence-electron chi connectivity index (χ0n) is 12.0. The van der Waals surface area contributed by atoms with Gasteiger partial charge >= 0.3 is 5.97 Å². The second-order valence-electron chi connectivity index (χ2n) is 4.30. The summed E-state index contributed by atoms with van der Waals surface area (Å²) in [4.78, 5) is 23.5. The highest BCUT2D eigenvalue weighted by molar-refractivity contribution is 9.10. The smallest absolute Gasteiger partial charge is 0.329 e. The number of alkyl halides is 2. The number of nitrogens with zero attached hydrogens (tertiary/aromatic N) is 2. The molecule has 6 nitrogen and oxygen atoms in total. The Balaban J connectivity index is 2.76. The van der Waals surface area contributed by atoms with Gasteiger partial charge in [0.2, 0.25) is 5.91 Å². The van der Waals surface area contributed by atoms with Crippen LogP contribution in [0.3, 0.4) is 0 Å². The van der Waals surface area contributed by atoms with Gasteiger partial charge in [0.1, 0.15) is 18.3 Å². The summed E-state index contributed by atoms with van der Waals surface area (Å²) in [5.74, 6) is -1.09. The van der Waals surface area contributed by atoms with Crippen molar-refractivity contribution in [3.8, 4) is 0 Å². The molecule has 0 aliphatic carbocycles. The summed E-state index contributed by atoms with van der Waals surface area (Å²) in [6.45, 7) is 3.09. The Morgan fingerprint density at radius 1 is 1.50 bits per heavy atom. The Hall–Kier alpha value is -1.16. The molecule has 1 atom stereocenters. The minimum atomic E-state index is -2.75. The van der Waals surface area contributed by atoms with Crippen LogP contribution in [0.5, 0.6) is 0 Å². The predicted molar refractivity (Wildman–Crippen MR) is 82.0 cm³/mol. The van der Waals surface area contributed by atoms with E-state index in [2.05, 4.69) is 39.0 Å². The first-order valence-electron chi connectivity index (χ1n) is 6.39. The summed E-state index contributed by atoms with van der Waals surface area (Å²) in [5.41, 5.74) is -0.0366. The minimum Gasteiger partial charge on any atom is -0.464 e. The number of rotatable bonds is 7. The second kappa shape index (κ2) is 8.47. The van der Waals surface area contributed by atoms with E-state index < -0.39 is 30.0 Å². The van der Waals surface area contributed by atoms with E-state index in [1.807, 2.05) is 0 Å². The molecule has 0 spiro atoms. The first-order chi connectivity index (χ1) is 10.3. The van der Waals surface area contributed by atoms with Crippen molar-refractivity contribution in [3.05, 3.63) is 15.9 Å². The largest absolute Gasteiger partial charge is 0.464 e. The van der Waals surface area contributed by atoms with Crippen LogP contribution in [0.4, 0.5) is 8.78 Å². The van der Waals surface area contributed by atoms with E-state index in [1.54, 1.807) is 13.8 Å². The van der Waals surface area contributed by atoms with Crippen molar-refractivity contribution in [1.82, 2.24) is 15.1 Å². The van der Waals surface area contributed by atoms with Crippen molar-refractivity contribution in [2.45, 2.75) is 32.9 Å². The maximum absolute atomic E-state index is 12.7. The molecule has 0 saturated heterocycles. The Bertz CT molecular complexity index is 554. The van der Waals surface area contributed by atoms with Crippen molar-refractivity contribution in [1.29, 1.82) is 0 Å². The zero-order valence-corrected chi connectivity index (χ0v) is 14.5. The number of hydrogen-bond acceptors (Lipinski definition) is 5. The molecule has 0 aliphatic heterocycles. The molecule has 1 rings (SSSR count). The number of ether oxygens (including phenoxy) is 1. The Labute approximate surface area is 140 Å². The average Bonchev–Trinajstić information content (AvgIpc) is 2.73. The van der Waals surface area contributed by atoms with Gasteiger partial charge < -0.3 is 10.1 Å². The second-order valence-corrected chi connectivity index (χ2v) is 5.46. The number of hydrogen-bond donors (Lipinski definition) is 2. The van der Waals surface area contributed by atoms with Crippen molar-refractivity contribution < 1.29 is 23.1 Å². The molecule has 0 fully saturated rings. The fourth-order valence-corrected chi connectivity index (χ4v) is 2.34. The van der Waals surface area contributed by atoms with Crippen LogP contribution in [0.2, 0.25) is 0 Å². The van der Waals surface area contributed by atoms with E-state index >= 15 is 0 Å². The SMILES string of the molecule is CCOC(=O)[C@H](CS)NC(=O)Cn1nc(C(F)F)c(Br)c1C. The Morgan fingerprint density at radius 3 is 2.59 bits per heavy atom. The van der Waals surface area contributed by atoms with Crippen LogP contribution in [0, 0.1) is 6.92 Å². The topological polar surface area (TPSA) is 73.2 Å². The van der Waals surface area contributed by atoms with Gasteiger partial charge in [0.05, 0.1) is 16.8 Å². The van der Waals surface area contributed by atoms with E-state index in [-0.39, 0.29) is 23.4 Å². The molecular formula is C12H16BrF2N3O3S. The maximum atomic E-state index is 12.7. The molecule has 10 heteroatoms. The van der Waals surface area contributed by atoms with E-state index in [0.717, 1.165) is 4.68 Å². The number of halogens is 3. The van der Waals surface area contributed by atoms with Crippen LogP contribution in [0.15, 0.2) is 4.47 Å². The van der Waals surface area contributed by atoms with Crippen LogP contribution in [-0.2, 0) is 20.9 Å². The summed E-state index contributed by atoms with van der Waals surface area (Å²) in [6, 6.07) is -0.898. The predicted octanol–water partition coefficient (Wildman–Crippen LogP) is 1.87. The summed E-state index contributed by atoms with van der Waals surface area (Å²) in [6.07, 6.45) is -2.75. The van der Waals surface area contributed by atoms with Crippen LogP contribution >= 0.6 is 28.6 Å². The van der Waals surface area contributed by atoms with Crippen molar-refractivity contribution in [2.75, 3.05) is 12.4 Å². The quantitative estimate of drug-likeness (QED) is 0.542. The van der Waals surface area contributed by atoms with Crippen molar-refractivity contribution in [2.24, 2.45) is 0 Å². The fourth-order valence-electron chi connectivity index (χ4n) is 1.64. The van der Waals surface area contributed by atoms with Crippen LogP contribution in [-0.4, -0.2) is 40.1 Å². The molecule has 124 valence electrons. The first-order valence-corrected chi connectivity index (χ1v) is 7.82. The lowest BCUT2D eigenvalue weighted by atomic mass is 10.3. The van der Waals surface area contributed by atoms with Gasteiger partial charge in [0.25, 0.3) is 6.43 Å². The van der Waals surface area contributed by atoms with Gasteiger partial charge in [-0.25, -0.2) is 13.6 Å². The molecule has 0 unspecified atom stereocenters. The molecule has 0 aromatic carbocycles. The van der Waals surface area contributed by atoms with E-state index in [0.29, 0.717) is 5.69 Å². The molecule has 22 heavy (non-hydrogen) atoms. The van der Waals surface area contributed by atoms with Crippen LogP contribution in [0.1, 0.15) is 24.7 Å². The highest BCUT2D eigenvalue weighted by Gasteiger charge is 2.23. The van der Waals surface area contributed by atoms with E-state index in [1.165, 1.54) is 0 Å². The van der Waals surface area contributed by atoms with Crippen molar-refractivity contribution in [3.63, 3.8) is 0 Å². The molecule has 1 aromatic rings. The van der Waals surface area contributed by atoms with Gasteiger partial charge in [0.15, 0.2) is 0 Å². The van der Waals surface area contributed by atoms with Gasteiger partial charge in [0, 0.05) is 5.75 Å². The van der Waals surface area contributed by atoms with E-state index in [4.69, 9.17) is 4.74 Å². The summed E-state index contributed by atoms with van der Waals surface area (Å²) in [7, 11) is 0. The molecule has 1 amide bonds. The monoisotopic (exact) mass is 399 g/mol. The summed E-state index contributed by atoms with van der Waals surface area (Å²) >= 11 is 6.99. The fraction of sp³-hybridized carbons (Fsp3) is 0.583. The minimum absolute atomic E-state index is 0.0641. The highest BCUT2D eigenvalue weighted by atomic mass is 79.9. The lowest BCUT2D eigenvalue weighted by Crippen LogP contribution is -2.44. The zero-order chi connectivity index (χ0) is 16.9. The molecule has 1 N–H and O–H groups in total. The Kier molecular flexibility index (Phi) is 7.27. The van der Waals surface area contributed by atoms with Gasteiger partial charge in [-0.2, -0.15) is 17.7 Å². The molecular weight excluding hydrogens is 384 g/mol. The Morgan fingerprint density at radius 2 is 2.14 bits per heavy atom. The third kappa shape index (κ3) is 4.67. The standard InChI is InChI=1S/C12H16BrF2N3O3S/c1-3-21-12(20)7(5-22)16-8(19)4-18-6(2)9(13)10(17-18)11(14)15/h7,11,22H,3-5H2,1-2H3,(H,16,19)/t7-/m0/s1. The summed E-state index contributed by atoms with van der Waals surface area (Å²) < 4.78 is 31.6. The average molecular weight is 400 g/mol. The molecule has 1 heterocycles. The lowest BCUT2D eigenvalue weighted by Gasteiger charge is -2.15. The maximum Gasteiger partial charge on any atom is 0.329 e. The third-order valence-corrected chi connectivity index (χ3v) is 4.09. The number of amides is 1. The van der Waals surface area contributed by atoms with E-state index in [9.17, 15) is 18.4 Å². The number of esters is 1. The molecule has 0 aliphatic rings. The molecule has 0 radical (unpaired) electrons. The number of nitrogens with one attached hydrogen (secondary N) is 1. The number of thiol groups is 1. The van der Waals surface area contributed by atoms with Crippen LogP contribution in [0.25, 0.3) is 0 Å². The normalized spacial score (nSPS) is 12.3. The highest BCUT2D eigenvalue weighted by Crippen LogP contribution is 2.28. The number of aromatic nitrogens is 2. The number of carbonyl (C=O) groups excluding carboxylic acids is 2. The van der Waals surface area contributed by atoms with Gasteiger partial charge in [-0.15, -0.1) is 0 Å². The van der Waals surface area contributed by atoms with Gasteiger partial charge in [-0.1, -0.05) is 0 Å². The van der Waals surface area contributed by atoms with Crippen LogP contribution < -0.4 is 5.32 Å². The van der Waals surface area contributed by atoms with Gasteiger partial charge in [-0.05, 0) is 29.8 Å². The molecule has 0 bridgehead atoms. The number of carbonyl (C=O) groups is 2. The molecule has 0 saturated carbocycles. The van der Waals surface area contributed by atoms with Gasteiger partial charge in [-0.3, -0.25) is 9.48 Å².